The fourth-order valence-electron chi connectivity index (χ4n) is 2.61. The van der Waals surface area contributed by atoms with Crippen LogP contribution in [0.5, 0.6) is 0 Å². The zero-order valence-corrected chi connectivity index (χ0v) is 12.9. The third kappa shape index (κ3) is 3.14. The molecule has 20 heavy (non-hydrogen) atoms. The Hall–Kier alpha value is -1.10. The number of rotatable bonds is 5. The van der Waals surface area contributed by atoms with Crippen molar-refractivity contribution in [1.29, 1.82) is 0 Å². The predicted octanol–water partition coefficient (Wildman–Crippen LogP) is 2.44. The molecule has 5 heteroatoms. The van der Waals surface area contributed by atoms with Crippen molar-refractivity contribution >= 4 is 17.5 Å². The molecule has 1 heterocycles. The van der Waals surface area contributed by atoms with Crippen LogP contribution in [0.3, 0.4) is 0 Å². The topological polar surface area (TPSA) is 41.6 Å². The molecule has 0 aromatic heterocycles. The van der Waals surface area contributed by atoms with Crippen molar-refractivity contribution < 1.29 is 9.53 Å². The molecule has 0 spiro atoms. The van der Waals surface area contributed by atoms with Crippen molar-refractivity contribution in [3.05, 3.63) is 34.9 Å². The largest absolute Gasteiger partial charge is 0.383 e. The summed E-state index contributed by atoms with van der Waals surface area (Å²) < 4.78 is 5.29. The Morgan fingerprint density at radius 1 is 1.50 bits per heavy atom. The van der Waals surface area contributed by atoms with Crippen molar-refractivity contribution in [2.75, 3.05) is 20.3 Å². The molecule has 1 saturated heterocycles. The SMILES string of the molecule is COCC(C(C)C)N1C(=O)CNC1c1cccc(Cl)c1. The van der Waals surface area contributed by atoms with E-state index in [0.717, 1.165) is 5.56 Å². The summed E-state index contributed by atoms with van der Waals surface area (Å²) in [7, 11) is 1.66. The van der Waals surface area contributed by atoms with Gasteiger partial charge in [0, 0.05) is 12.1 Å². The van der Waals surface area contributed by atoms with Gasteiger partial charge in [0.15, 0.2) is 0 Å². The van der Waals surface area contributed by atoms with Crippen LogP contribution < -0.4 is 5.32 Å². The van der Waals surface area contributed by atoms with Crippen LogP contribution in [0.15, 0.2) is 24.3 Å². The molecule has 1 amide bonds. The first-order valence-corrected chi connectivity index (χ1v) is 7.21. The number of halogens is 1. The molecule has 1 aromatic rings. The number of benzene rings is 1. The van der Waals surface area contributed by atoms with Gasteiger partial charge in [-0.3, -0.25) is 10.1 Å². The van der Waals surface area contributed by atoms with Gasteiger partial charge < -0.3 is 9.64 Å². The zero-order valence-electron chi connectivity index (χ0n) is 12.1. The summed E-state index contributed by atoms with van der Waals surface area (Å²) in [6.07, 6.45) is -0.135. The molecule has 0 bridgehead atoms. The lowest BCUT2D eigenvalue weighted by Crippen LogP contribution is -2.45. The quantitative estimate of drug-likeness (QED) is 0.907. The Balaban J connectivity index is 2.30. The van der Waals surface area contributed by atoms with Crippen molar-refractivity contribution in [2.24, 2.45) is 5.92 Å². The predicted molar refractivity (Wildman–Crippen MR) is 79.5 cm³/mol. The Kier molecular flexibility index (Phi) is 5.02. The lowest BCUT2D eigenvalue weighted by atomic mass is 10.0. The van der Waals surface area contributed by atoms with Crippen LogP contribution in [0.4, 0.5) is 0 Å². The first kappa shape index (κ1) is 15.3. The normalized spacial score (nSPS) is 20.8. The van der Waals surface area contributed by atoms with Crippen LogP contribution in [-0.2, 0) is 9.53 Å². The second-order valence-corrected chi connectivity index (χ2v) is 5.84. The van der Waals surface area contributed by atoms with Crippen LogP contribution in [0.1, 0.15) is 25.6 Å². The van der Waals surface area contributed by atoms with Crippen molar-refractivity contribution in [3.63, 3.8) is 0 Å². The average Bonchev–Trinajstić information content (AvgIpc) is 2.77. The molecule has 1 N–H and O–H groups in total. The van der Waals surface area contributed by atoms with E-state index in [-0.39, 0.29) is 18.1 Å². The summed E-state index contributed by atoms with van der Waals surface area (Å²) in [6, 6.07) is 7.67. The fraction of sp³-hybridized carbons (Fsp3) is 0.533. The van der Waals surface area contributed by atoms with E-state index in [9.17, 15) is 4.79 Å². The van der Waals surface area contributed by atoms with Gasteiger partial charge in [-0.2, -0.15) is 0 Å². The molecule has 0 radical (unpaired) electrons. The highest BCUT2D eigenvalue weighted by Crippen LogP contribution is 2.29. The van der Waals surface area contributed by atoms with Crippen molar-refractivity contribution in [2.45, 2.75) is 26.1 Å². The zero-order chi connectivity index (χ0) is 14.7. The summed E-state index contributed by atoms with van der Waals surface area (Å²) in [5.74, 6) is 0.422. The maximum atomic E-state index is 12.2. The van der Waals surface area contributed by atoms with E-state index in [1.165, 1.54) is 0 Å². The van der Waals surface area contributed by atoms with Gasteiger partial charge in [0.05, 0.1) is 19.2 Å². The third-order valence-corrected chi connectivity index (χ3v) is 3.88. The second kappa shape index (κ2) is 6.57. The highest BCUT2D eigenvalue weighted by atomic mass is 35.5. The Morgan fingerprint density at radius 3 is 2.85 bits per heavy atom. The maximum Gasteiger partial charge on any atom is 0.238 e. The van der Waals surface area contributed by atoms with Crippen LogP contribution in [0.25, 0.3) is 0 Å². The number of carbonyl (C=O) groups is 1. The van der Waals surface area contributed by atoms with Crippen LogP contribution in [0, 0.1) is 5.92 Å². The summed E-state index contributed by atoms with van der Waals surface area (Å²) in [4.78, 5) is 14.1. The average molecular weight is 297 g/mol. The summed E-state index contributed by atoms with van der Waals surface area (Å²) in [5, 5.41) is 3.93. The molecule has 2 rings (SSSR count). The first-order valence-electron chi connectivity index (χ1n) is 6.83. The number of carbonyl (C=O) groups excluding carboxylic acids is 1. The fourth-order valence-corrected chi connectivity index (χ4v) is 2.81. The van der Waals surface area contributed by atoms with Gasteiger partial charge in [-0.25, -0.2) is 0 Å². The molecular weight excluding hydrogens is 276 g/mol. The molecule has 0 aliphatic carbocycles. The molecule has 2 atom stereocenters. The number of nitrogens with one attached hydrogen (secondary N) is 1. The molecule has 1 aromatic carbocycles. The molecule has 4 nitrogen and oxygen atoms in total. The number of hydrogen-bond acceptors (Lipinski definition) is 3. The van der Waals surface area contributed by atoms with Gasteiger partial charge >= 0.3 is 0 Å². The van der Waals surface area contributed by atoms with Gasteiger partial charge in [0.2, 0.25) is 5.91 Å². The number of nitrogens with zero attached hydrogens (tertiary/aromatic N) is 1. The molecule has 1 aliphatic rings. The monoisotopic (exact) mass is 296 g/mol. The highest BCUT2D eigenvalue weighted by Gasteiger charge is 2.37. The highest BCUT2D eigenvalue weighted by molar-refractivity contribution is 6.30. The lowest BCUT2D eigenvalue weighted by molar-refractivity contribution is -0.132. The standard InChI is InChI=1S/C15H21ClN2O2/c1-10(2)13(9-20-3)18-14(19)8-17-15(18)11-5-4-6-12(16)7-11/h4-7,10,13,15,17H,8-9H2,1-3H3. The Morgan fingerprint density at radius 2 is 2.25 bits per heavy atom. The Bertz CT molecular complexity index is 479. The summed E-state index contributed by atoms with van der Waals surface area (Å²) >= 11 is 6.05. The number of amides is 1. The van der Waals surface area contributed by atoms with Crippen LogP contribution in [0.2, 0.25) is 5.02 Å². The minimum absolute atomic E-state index is 0.0477. The van der Waals surface area contributed by atoms with E-state index in [4.69, 9.17) is 16.3 Å². The van der Waals surface area contributed by atoms with E-state index in [1.807, 2.05) is 29.2 Å². The summed E-state index contributed by atoms with van der Waals surface area (Å²) in [5.41, 5.74) is 1.00. The van der Waals surface area contributed by atoms with Crippen molar-refractivity contribution in [1.82, 2.24) is 10.2 Å². The van der Waals surface area contributed by atoms with E-state index < -0.39 is 0 Å². The minimum atomic E-state index is -0.135. The van der Waals surface area contributed by atoms with Crippen LogP contribution >= 0.6 is 11.6 Å². The number of hydrogen-bond donors (Lipinski definition) is 1. The number of ether oxygens (including phenoxy) is 1. The van der Waals surface area contributed by atoms with Gasteiger partial charge in [-0.15, -0.1) is 0 Å². The van der Waals surface area contributed by atoms with Gasteiger partial charge in [0.25, 0.3) is 0 Å². The van der Waals surface area contributed by atoms with Crippen LogP contribution in [-0.4, -0.2) is 37.1 Å². The van der Waals surface area contributed by atoms with Crippen molar-refractivity contribution in [3.8, 4) is 0 Å². The number of methoxy groups -OCH3 is 1. The van der Waals surface area contributed by atoms with E-state index in [2.05, 4.69) is 19.2 Å². The summed E-state index contributed by atoms with van der Waals surface area (Å²) in [6.45, 7) is 5.08. The molecule has 0 saturated carbocycles. The lowest BCUT2D eigenvalue weighted by Gasteiger charge is -2.35. The molecule has 2 unspecified atom stereocenters. The smallest absolute Gasteiger partial charge is 0.238 e. The third-order valence-electron chi connectivity index (χ3n) is 3.64. The molecular formula is C15H21ClN2O2. The van der Waals surface area contributed by atoms with E-state index >= 15 is 0 Å². The van der Waals surface area contributed by atoms with Gasteiger partial charge in [-0.1, -0.05) is 37.6 Å². The molecule has 1 fully saturated rings. The Labute approximate surface area is 125 Å². The van der Waals surface area contributed by atoms with E-state index in [0.29, 0.717) is 24.1 Å². The second-order valence-electron chi connectivity index (χ2n) is 5.41. The maximum absolute atomic E-state index is 12.2. The molecule has 1 aliphatic heterocycles. The van der Waals surface area contributed by atoms with Gasteiger partial charge in [0.1, 0.15) is 6.17 Å². The van der Waals surface area contributed by atoms with E-state index in [1.54, 1.807) is 7.11 Å². The first-order chi connectivity index (χ1) is 9.54. The minimum Gasteiger partial charge on any atom is -0.383 e. The molecule has 110 valence electrons. The van der Waals surface area contributed by atoms with Gasteiger partial charge in [-0.05, 0) is 23.6 Å².